The Balaban J connectivity index is 2.18. The van der Waals surface area contributed by atoms with Gasteiger partial charge in [0.05, 0.1) is 11.6 Å². The zero-order valence-corrected chi connectivity index (χ0v) is 12.8. The first-order chi connectivity index (χ1) is 9.15. The number of hydrogen-bond donors (Lipinski definition) is 0. The van der Waals surface area contributed by atoms with Gasteiger partial charge in [-0.25, -0.2) is 14.8 Å². The van der Waals surface area contributed by atoms with E-state index in [4.69, 9.17) is 4.74 Å². The summed E-state index contributed by atoms with van der Waals surface area (Å²) in [6, 6.07) is 0. The van der Waals surface area contributed by atoms with E-state index in [2.05, 4.69) is 23.8 Å². The summed E-state index contributed by atoms with van der Waals surface area (Å²) in [5.74, 6) is 0.0885. The lowest BCUT2D eigenvalue weighted by molar-refractivity contribution is 0.0520. The van der Waals surface area contributed by atoms with Crippen LogP contribution in [0.2, 0.25) is 0 Å². The van der Waals surface area contributed by atoms with E-state index in [1.807, 2.05) is 5.38 Å². The highest BCUT2D eigenvalue weighted by molar-refractivity contribution is 7.14. The molecule has 0 aliphatic rings. The van der Waals surface area contributed by atoms with E-state index in [1.54, 1.807) is 23.6 Å². The van der Waals surface area contributed by atoms with Gasteiger partial charge >= 0.3 is 5.97 Å². The van der Waals surface area contributed by atoms with Crippen LogP contribution in [0.5, 0.6) is 0 Å². The Morgan fingerprint density at radius 3 is 2.79 bits per heavy atom. The molecule has 2 heterocycles. The molecule has 0 bridgehead atoms. The van der Waals surface area contributed by atoms with E-state index in [-0.39, 0.29) is 5.97 Å². The van der Waals surface area contributed by atoms with Crippen LogP contribution in [0.25, 0.3) is 10.7 Å². The molecule has 0 saturated carbocycles. The SMILES string of the molecule is CCOC(=O)c1csc(-c2csc(C(C)CC)n2)n1. The first-order valence-corrected chi connectivity index (χ1v) is 8.00. The van der Waals surface area contributed by atoms with Crippen LogP contribution >= 0.6 is 22.7 Å². The van der Waals surface area contributed by atoms with Gasteiger partial charge in [-0.15, -0.1) is 22.7 Å². The number of hydrogen-bond acceptors (Lipinski definition) is 6. The molecule has 1 unspecified atom stereocenters. The van der Waals surface area contributed by atoms with Crippen LogP contribution in [0, 0.1) is 0 Å². The van der Waals surface area contributed by atoms with Crippen molar-refractivity contribution in [1.29, 1.82) is 0 Å². The van der Waals surface area contributed by atoms with Crippen molar-refractivity contribution in [2.45, 2.75) is 33.1 Å². The third-order valence-electron chi connectivity index (χ3n) is 2.76. The number of thiazole rings is 2. The van der Waals surface area contributed by atoms with E-state index >= 15 is 0 Å². The van der Waals surface area contributed by atoms with Gasteiger partial charge in [-0.05, 0) is 13.3 Å². The standard InChI is InChI=1S/C13H16N2O2S2/c1-4-8(3)11-14-9(6-18-11)12-15-10(7-19-12)13(16)17-5-2/h6-8H,4-5H2,1-3H3. The highest BCUT2D eigenvalue weighted by Gasteiger charge is 2.15. The van der Waals surface area contributed by atoms with Crippen molar-refractivity contribution in [3.8, 4) is 10.7 Å². The maximum atomic E-state index is 11.6. The lowest BCUT2D eigenvalue weighted by atomic mass is 10.1. The fraction of sp³-hybridized carbons (Fsp3) is 0.462. The summed E-state index contributed by atoms with van der Waals surface area (Å²) in [6.45, 7) is 6.45. The van der Waals surface area contributed by atoms with E-state index in [9.17, 15) is 4.79 Å². The number of carbonyl (C=O) groups excluding carboxylic acids is 1. The molecule has 0 saturated heterocycles. The molecule has 2 rings (SSSR count). The fourth-order valence-corrected chi connectivity index (χ4v) is 3.25. The molecule has 19 heavy (non-hydrogen) atoms. The molecule has 0 spiro atoms. The van der Waals surface area contributed by atoms with Crippen molar-refractivity contribution in [2.75, 3.05) is 6.61 Å². The number of aromatic nitrogens is 2. The highest BCUT2D eigenvalue weighted by atomic mass is 32.1. The van der Waals surface area contributed by atoms with Gasteiger partial charge < -0.3 is 4.74 Å². The largest absolute Gasteiger partial charge is 0.461 e. The molecule has 0 N–H and O–H groups in total. The minimum atomic E-state index is -0.373. The average Bonchev–Trinajstić information content (AvgIpc) is 3.06. The minimum Gasteiger partial charge on any atom is -0.461 e. The molecular formula is C13H16N2O2S2. The van der Waals surface area contributed by atoms with Crippen molar-refractivity contribution >= 4 is 28.6 Å². The van der Waals surface area contributed by atoms with Crippen LogP contribution < -0.4 is 0 Å². The van der Waals surface area contributed by atoms with Gasteiger partial charge in [0.2, 0.25) is 0 Å². The quantitative estimate of drug-likeness (QED) is 0.784. The molecule has 4 nitrogen and oxygen atoms in total. The summed E-state index contributed by atoms with van der Waals surface area (Å²) in [5, 5.41) is 5.60. The molecular weight excluding hydrogens is 280 g/mol. The Bertz CT molecular complexity index is 562. The van der Waals surface area contributed by atoms with Gasteiger partial charge in [0, 0.05) is 16.7 Å². The molecule has 0 aliphatic heterocycles. The van der Waals surface area contributed by atoms with Crippen LogP contribution in [0.1, 0.15) is 48.6 Å². The monoisotopic (exact) mass is 296 g/mol. The minimum absolute atomic E-state index is 0.361. The molecule has 0 amide bonds. The van der Waals surface area contributed by atoms with Crippen LogP contribution in [0.4, 0.5) is 0 Å². The zero-order chi connectivity index (χ0) is 13.8. The Hall–Kier alpha value is -1.27. The Morgan fingerprint density at radius 1 is 1.32 bits per heavy atom. The maximum absolute atomic E-state index is 11.6. The van der Waals surface area contributed by atoms with Gasteiger partial charge in [0.15, 0.2) is 5.69 Å². The summed E-state index contributed by atoms with van der Waals surface area (Å²) < 4.78 is 4.93. The second kappa shape index (κ2) is 6.25. The number of esters is 1. The smallest absolute Gasteiger partial charge is 0.357 e. The van der Waals surface area contributed by atoms with Crippen molar-refractivity contribution < 1.29 is 9.53 Å². The van der Waals surface area contributed by atoms with Crippen LogP contribution in [-0.2, 0) is 4.74 Å². The fourth-order valence-electron chi connectivity index (χ4n) is 1.48. The van der Waals surface area contributed by atoms with Crippen LogP contribution in [-0.4, -0.2) is 22.5 Å². The summed E-state index contributed by atoms with van der Waals surface area (Å²) >= 11 is 3.07. The second-order valence-electron chi connectivity index (χ2n) is 4.14. The number of rotatable bonds is 5. The lowest BCUT2D eigenvalue weighted by Crippen LogP contribution is -2.04. The van der Waals surface area contributed by atoms with Gasteiger partial charge in [0.1, 0.15) is 10.7 Å². The first-order valence-electron chi connectivity index (χ1n) is 6.24. The summed E-state index contributed by atoms with van der Waals surface area (Å²) in [4.78, 5) is 20.4. The van der Waals surface area contributed by atoms with Crippen molar-refractivity contribution in [1.82, 2.24) is 9.97 Å². The average molecular weight is 296 g/mol. The van der Waals surface area contributed by atoms with Crippen molar-refractivity contribution in [2.24, 2.45) is 0 Å². The maximum Gasteiger partial charge on any atom is 0.357 e. The highest BCUT2D eigenvalue weighted by Crippen LogP contribution is 2.29. The number of carbonyl (C=O) groups is 1. The number of nitrogens with zero attached hydrogens (tertiary/aromatic N) is 2. The Kier molecular flexibility index (Phi) is 4.66. The molecule has 102 valence electrons. The van der Waals surface area contributed by atoms with E-state index in [1.165, 1.54) is 11.3 Å². The summed E-state index contributed by atoms with van der Waals surface area (Å²) in [5.41, 5.74) is 1.21. The predicted octanol–water partition coefficient (Wildman–Crippen LogP) is 3.96. The molecule has 1 atom stereocenters. The predicted molar refractivity (Wildman–Crippen MR) is 77.9 cm³/mol. The third-order valence-corrected chi connectivity index (χ3v) is 4.70. The van der Waals surface area contributed by atoms with Gasteiger partial charge in [-0.1, -0.05) is 13.8 Å². The first kappa shape index (κ1) is 14.1. The number of ether oxygens (including phenoxy) is 1. The van der Waals surface area contributed by atoms with Crippen LogP contribution in [0.3, 0.4) is 0 Å². The summed E-state index contributed by atoms with van der Waals surface area (Å²) in [7, 11) is 0. The topological polar surface area (TPSA) is 52.1 Å². The van der Waals surface area contributed by atoms with Crippen molar-refractivity contribution in [3.63, 3.8) is 0 Å². The molecule has 2 aromatic rings. The normalized spacial score (nSPS) is 12.4. The lowest BCUT2D eigenvalue weighted by Gasteiger charge is -2.01. The zero-order valence-electron chi connectivity index (χ0n) is 11.2. The van der Waals surface area contributed by atoms with Gasteiger partial charge in [-0.2, -0.15) is 0 Å². The van der Waals surface area contributed by atoms with Crippen molar-refractivity contribution in [3.05, 3.63) is 21.5 Å². The third kappa shape index (κ3) is 3.19. The molecule has 2 aromatic heterocycles. The molecule has 0 radical (unpaired) electrons. The summed E-state index contributed by atoms with van der Waals surface area (Å²) in [6.07, 6.45) is 1.07. The Morgan fingerprint density at radius 2 is 2.11 bits per heavy atom. The van der Waals surface area contributed by atoms with E-state index in [0.717, 1.165) is 22.1 Å². The molecule has 0 aliphatic carbocycles. The van der Waals surface area contributed by atoms with Crippen LogP contribution in [0.15, 0.2) is 10.8 Å². The molecule has 0 fully saturated rings. The Labute approximate surface area is 120 Å². The molecule has 6 heteroatoms. The van der Waals surface area contributed by atoms with E-state index < -0.39 is 0 Å². The molecule has 0 aromatic carbocycles. The second-order valence-corrected chi connectivity index (χ2v) is 5.89. The van der Waals surface area contributed by atoms with E-state index in [0.29, 0.717) is 18.2 Å². The van der Waals surface area contributed by atoms with Gasteiger partial charge in [0.25, 0.3) is 0 Å². The van der Waals surface area contributed by atoms with Gasteiger partial charge in [-0.3, -0.25) is 0 Å².